The number of imidazole rings is 1. The van der Waals surface area contributed by atoms with Gasteiger partial charge in [-0.2, -0.15) is 5.01 Å². The molecule has 2 aromatic carbocycles. The molecule has 8 heteroatoms. The second kappa shape index (κ2) is 6.80. The first-order chi connectivity index (χ1) is 13.5. The van der Waals surface area contributed by atoms with Crippen molar-refractivity contribution in [3.8, 4) is 0 Å². The number of aryl methyl sites for hydroxylation is 1. The summed E-state index contributed by atoms with van der Waals surface area (Å²) >= 11 is 0. The van der Waals surface area contributed by atoms with E-state index in [-0.39, 0.29) is 0 Å². The average Bonchev–Trinajstić information content (AvgIpc) is 3.25. The van der Waals surface area contributed by atoms with Gasteiger partial charge in [0.15, 0.2) is 0 Å². The molecule has 8 nitrogen and oxygen atoms in total. The molecule has 28 heavy (non-hydrogen) atoms. The van der Waals surface area contributed by atoms with Gasteiger partial charge in [-0.25, -0.2) is 9.78 Å². The van der Waals surface area contributed by atoms with Crippen LogP contribution in [0.2, 0.25) is 0 Å². The molecule has 0 saturated carbocycles. The maximum atomic E-state index is 12.8. The van der Waals surface area contributed by atoms with Crippen molar-refractivity contribution in [1.82, 2.24) is 25.7 Å². The Kier molecular flexibility index (Phi) is 4.31. The number of urea groups is 1. The van der Waals surface area contributed by atoms with Gasteiger partial charge in [0.2, 0.25) is 0 Å². The predicted molar refractivity (Wildman–Crippen MR) is 102 cm³/mol. The lowest BCUT2D eigenvalue weighted by molar-refractivity contribution is -0.132. The van der Waals surface area contributed by atoms with Crippen LogP contribution < -0.4 is 10.7 Å². The van der Waals surface area contributed by atoms with Gasteiger partial charge in [0.25, 0.3) is 11.8 Å². The third-order valence-corrected chi connectivity index (χ3v) is 4.91. The Morgan fingerprint density at radius 3 is 2.75 bits per heavy atom. The number of amides is 4. The van der Waals surface area contributed by atoms with E-state index in [4.69, 9.17) is 0 Å². The minimum atomic E-state index is -1.08. The summed E-state index contributed by atoms with van der Waals surface area (Å²) in [5.74, 6) is -1.03. The molecule has 0 aliphatic carbocycles. The van der Waals surface area contributed by atoms with E-state index in [2.05, 4.69) is 20.7 Å². The molecule has 1 atom stereocenters. The van der Waals surface area contributed by atoms with Gasteiger partial charge < -0.3 is 10.3 Å². The largest absolute Gasteiger partial charge is 0.345 e. The fourth-order valence-corrected chi connectivity index (χ4v) is 3.24. The molecule has 0 spiro atoms. The van der Waals surface area contributed by atoms with E-state index in [1.54, 1.807) is 25.1 Å². The number of imide groups is 1. The van der Waals surface area contributed by atoms with Crippen molar-refractivity contribution in [2.45, 2.75) is 25.3 Å². The number of H-pyrrole nitrogens is 1. The van der Waals surface area contributed by atoms with Crippen LogP contribution in [0.1, 0.15) is 29.3 Å². The number of aromatic nitrogens is 2. The second-order valence-electron chi connectivity index (χ2n) is 6.96. The molecule has 1 aliphatic heterocycles. The number of hydrogen-bond donors (Lipinski definition) is 3. The summed E-state index contributed by atoms with van der Waals surface area (Å²) in [5, 5.41) is 3.44. The summed E-state index contributed by atoms with van der Waals surface area (Å²) in [6.45, 7) is 1.67. The zero-order valence-corrected chi connectivity index (χ0v) is 15.2. The molecule has 0 unspecified atom stereocenters. The molecule has 0 radical (unpaired) electrons. The van der Waals surface area contributed by atoms with Crippen LogP contribution in [0, 0.1) is 0 Å². The fraction of sp³-hybridized carbons (Fsp3) is 0.200. The number of hydrazine groups is 1. The fourth-order valence-electron chi connectivity index (χ4n) is 3.24. The van der Waals surface area contributed by atoms with Gasteiger partial charge in [-0.3, -0.25) is 15.0 Å². The summed E-state index contributed by atoms with van der Waals surface area (Å²) < 4.78 is 0. The number of fused-ring (bicyclic) bond motifs is 1. The highest BCUT2D eigenvalue weighted by Gasteiger charge is 2.48. The van der Waals surface area contributed by atoms with Gasteiger partial charge in [0, 0.05) is 5.56 Å². The van der Waals surface area contributed by atoms with Gasteiger partial charge in [0.05, 0.1) is 17.4 Å². The van der Waals surface area contributed by atoms with E-state index in [1.807, 2.05) is 30.3 Å². The van der Waals surface area contributed by atoms with E-state index >= 15 is 0 Å². The topological polar surface area (TPSA) is 107 Å². The van der Waals surface area contributed by atoms with Crippen molar-refractivity contribution in [2.75, 3.05) is 0 Å². The molecule has 1 aromatic heterocycles. The molecular weight excluding hydrogens is 358 g/mol. The lowest BCUT2D eigenvalue weighted by Gasteiger charge is -2.21. The molecule has 4 amide bonds. The van der Waals surface area contributed by atoms with Crippen molar-refractivity contribution in [3.05, 3.63) is 66.0 Å². The molecule has 1 fully saturated rings. The van der Waals surface area contributed by atoms with E-state index in [0.29, 0.717) is 23.9 Å². The van der Waals surface area contributed by atoms with Crippen molar-refractivity contribution in [1.29, 1.82) is 0 Å². The summed E-state index contributed by atoms with van der Waals surface area (Å²) in [4.78, 5) is 44.7. The normalized spacial score (nSPS) is 19.1. The van der Waals surface area contributed by atoms with Crippen molar-refractivity contribution < 1.29 is 14.4 Å². The van der Waals surface area contributed by atoms with Gasteiger partial charge in [-0.15, -0.1) is 0 Å². The SMILES string of the molecule is C[C@]1(CCc2ccccc2)NC(=O)N(NC(=O)c2ccc3nc[nH]c3c2)C1=O. The number of benzene rings is 2. The van der Waals surface area contributed by atoms with Gasteiger partial charge in [-0.05, 0) is 43.5 Å². The number of carbonyl (C=O) groups excluding carboxylic acids is 3. The van der Waals surface area contributed by atoms with Crippen LogP contribution in [-0.2, 0) is 11.2 Å². The Balaban J connectivity index is 1.46. The minimum absolute atomic E-state index is 0.315. The third-order valence-electron chi connectivity index (χ3n) is 4.91. The zero-order chi connectivity index (χ0) is 19.7. The molecular formula is C20H19N5O3. The summed E-state index contributed by atoms with van der Waals surface area (Å²) in [6, 6.07) is 14.0. The molecule has 3 N–H and O–H groups in total. The minimum Gasteiger partial charge on any atom is -0.345 e. The summed E-state index contributed by atoms with van der Waals surface area (Å²) in [7, 11) is 0. The number of nitrogens with zero attached hydrogens (tertiary/aromatic N) is 2. The zero-order valence-electron chi connectivity index (χ0n) is 15.2. The van der Waals surface area contributed by atoms with Crippen LogP contribution in [0.3, 0.4) is 0 Å². The Hall–Kier alpha value is -3.68. The van der Waals surface area contributed by atoms with Crippen LogP contribution in [0.4, 0.5) is 4.79 Å². The Morgan fingerprint density at radius 2 is 1.96 bits per heavy atom. The Bertz CT molecular complexity index is 1060. The standard InChI is InChI=1S/C20H19N5O3/c1-20(10-9-13-5-3-2-4-6-13)18(27)25(19(28)23-20)24-17(26)14-7-8-15-16(11-14)22-12-21-15/h2-8,11-12H,9-10H2,1H3,(H,21,22)(H,23,28)(H,24,26)/t20-/m1/s1. The second-order valence-corrected chi connectivity index (χ2v) is 6.96. The molecule has 1 saturated heterocycles. The number of rotatable bonds is 5. The van der Waals surface area contributed by atoms with Crippen molar-refractivity contribution >= 4 is 28.9 Å². The van der Waals surface area contributed by atoms with Crippen LogP contribution in [-0.4, -0.2) is 38.4 Å². The number of hydrogen-bond acceptors (Lipinski definition) is 4. The molecule has 142 valence electrons. The maximum Gasteiger partial charge on any atom is 0.344 e. The van der Waals surface area contributed by atoms with Crippen molar-refractivity contribution in [2.24, 2.45) is 0 Å². The molecule has 4 rings (SSSR count). The van der Waals surface area contributed by atoms with Gasteiger partial charge in [-0.1, -0.05) is 30.3 Å². The molecule has 2 heterocycles. The summed E-state index contributed by atoms with van der Waals surface area (Å²) in [6.07, 6.45) is 2.58. The highest BCUT2D eigenvalue weighted by molar-refractivity contribution is 6.09. The molecule has 0 bridgehead atoms. The van der Waals surface area contributed by atoms with E-state index in [0.717, 1.165) is 16.1 Å². The monoisotopic (exact) mass is 377 g/mol. The summed E-state index contributed by atoms with van der Waals surface area (Å²) in [5.41, 5.74) is 4.13. The van der Waals surface area contributed by atoms with E-state index < -0.39 is 23.4 Å². The van der Waals surface area contributed by atoms with Crippen molar-refractivity contribution in [3.63, 3.8) is 0 Å². The smallest absolute Gasteiger partial charge is 0.344 e. The van der Waals surface area contributed by atoms with Gasteiger partial charge >= 0.3 is 6.03 Å². The first kappa shape index (κ1) is 17.7. The van der Waals surface area contributed by atoms with Crippen LogP contribution in [0.15, 0.2) is 54.9 Å². The van der Waals surface area contributed by atoms with Crippen LogP contribution in [0.25, 0.3) is 11.0 Å². The highest BCUT2D eigenvalue weighted by atomic mass is 16.2. The Labute approximate surface area is 160 Å². The van der Waals surface area contributed by atoms with E-state index in [9.17, 15) is 14.4 Å². The first-order valence-corrected chi connectivity index (χ1v) is 8.91. The predicted octanol–water partition coefficient (Wildman–Crippen LogP) is 2.15. The lowest BCUT2D eigenvalue weighted by Crippen LogP contribution is -2.48. The third kappa shape index (κ3) is 3.20. The van der Waals surface area contributed by atoms with Crippen LogP contribution >= 0.6 is 0 Å². The van der Waals surface area contributed by atoms with Gasteiger partial charge in [0.1, 0.15) is 5.54 Å². The number of carbonyl (C=O) groups is 3. The maximum absolute atomic E-state index is 12.8. The number of nitrogens with one attached hydrogen (secondary N) is 3. The Morgan fingerprint density at radius 1 is 1.18 bits per heavy atom. The first-order valence-electron chi connectivity index (χ1n) is 8.91. The molecule has 1 aliphatic rings. The average molecular weight is 377 g/mol. The van der Waals surface area contributed by atoms with E-state index in [1.165, 1.54) is 6.33 Å². The quantitative estimate of drug-likeness (QED) is 0.592. The number of aromatic amines is 1. The lowest BCUT2D eigenvalue weighted by atomic mass is 9.93. The van der Waals surface area contributed by atoms with Crippen LogP contribution in [0.5, 0.6) is 0 Å². The molecule has 3 aromatic rings. The highest BCUT2D eigenvalue weighted by Crippen LogP contribution is 2.22.